The van der Waals surface area contributed by atoms with Gasteiger partial charge in [0.1, 0.15) is 0 Å². The quantitative estimate of drug-likeness (QED) is 0.696. The summed E-state index contributed by atoms with van der Waals surface area (Å²) in [6.45, 7) is 4.39. The predicted molar refractivity (Wildman–Crippen MR) is 40.6 cm³/mol. The molecule has 0 saturated heterocycles. The molecule has 6 heteroatoms. The van der Waals surface area contributed by atoms with Gasteiger partial charge in [-0.2, -0.15) is 17.2 Å². The smallest absolute Gasteiger partial charge is 0.281 e. The Labute approximate surface area is 70.5 Å². The van der Waals surface area contributed by atoms with E-state index in [0.29, 0.717) is 0 Å². The maximum atomic E-state index is 12.6. The molecule has 0 rings (SSSR count). The Morgan fingerprint density at radius 1 is 1.25 bits per heavy atom. The molecule has 0 heterocycles. The van der Waals surface area contributed by atoms with Crippen molar-refractivity contribution in [2.75, 3.05) is 0 Å². The van der Waals surface area contributed by atoms with Crippen molar-refractivity contribution in [2.45, 2.75) is 32.4 Å². The first-order chi connectivity index (χ1) is 4.96. The summed E-state index contributed by atoms with van der Waals surface area (Å²) in [5.74, 6) is 0. The molecule has 0 fully saturated rings. The zero-order valence-electron chi connectivity index (χ0n) is 7.13. The Bertz CT molecular complexity index is 250. The maximum absolute atomic E-state index is 12.6. The first-order valence-corrected chi connectivity index (χ1v) is 4.75. The van der Waals surface area contributed by atoms with Crippen LogP contribution in [0.15, 0.2) is 0 Å². The molecule has 74 valence electrons. The molecular formula is C6H12F2O3S. The van der Waals surface area contributed by atoms with E-state index in [0.717, 1.165) is 0 Å². The number of rotatable bonds is 2. The SMILES string of the molecule is CC(C)(C)CC(F)(F)S(=O)(=O)O. The Kier molecular flexibility index (Phi) is 2.86. The van der Waals surface area contributed by atoms with Crippen molar-refractivity contribution in [3.63, 3.8) is 0 Å². The second kappa shape index (κ2) is 2.92. The Morgan fingerprint density at radius 3 is 1.67 bits per heavy atom. The van der Waals surface area contributed by atoms with E-state index in [-0.39, 0.29) is 0 Å². The first-order valence-electron chi connectivity index (χ1n) is 3.31. The molecule has 0 aromatic rings. The summed E-state index contributed by atoms with van der Waals surface area (Å²) < 4.78 is 53.6. The maximum Gasteiger partial charge on any atom is 0.370 e. The van der Waals surface area contributed by atoms with Gasteiger partial charge in [-0.1, -0.05) is 20.8 Å². The summed E-state index contributed by atoms with van der Waals surface area (Å²) in [6.07, 6.45) is -0.890. The van der Waals surface area contributed by atoms with Crippen molar-refractivity contribution in [1.29, 1.82) is 0 Å². The lowest BCUT2D eigenvalue weighted by Gasteiger charge is -2.23. The summed E-state index contributed by atoms with van der Waals surface area (Å²) in [5, 5.41) is -4.05. The average molecular weight is 202 g/mol. The Morgan fingerprint density at radius 2 is 1.58 bits per heavy atom. The van der Waals surface area contributed by atoms with Crippen LogP contribution >= 0.6 is 0 Å². The van der Waals surface area contributed by atoms with Crippen molar-refractivity contribution in [1.82, 2.24) is 0 Å². The normalized spacial score (nSPS) is 14.8. The van der Waals surface area contributed by atoms with Gasteiger partial charge >= 0.3 is 15.4 Å². The molecule has 0 spiro atoms. The fraction of sp³-hybridized carbons (Fsp3) is 1.00. The van der Waals surface area contributed by atoms with Crippen molar-refractivity contribution >= 4 is 10.1 Å². The van der Waals surface area contributed by atoms with Gasteiger partial charge in [-0.25, -0.2) is 0 Å². The van der Waals surface area contributed by atoms with Crippen molar-refractivity contribution in [3.8, 4) is 0 Å². The van der Waals surface area contributed by atoms with Gasteiger partial charge in [0.25, 0.3) is 0 Å². The van der Waals surface area contributed by atoms with Crippen LogP contribution in [0.25, 0.3) is 0 Å². The molecule has 0 amide bonds. The lowest BCUT2D eigenvalue weighted by molar-refractivity contribution is 0.0372. The monoisotopic (exact) mass is 202 g/mol. The molecule has 0 unspecified atom stereocenters. The highest BCUT2D eigenvalue weighted by atomic mass is 32.2. The van der Waals surface area contributed by atoms with E-state index in [9.17, 15) is 17.2 Å². The molecule has 0 atom stereocenters. The molecule has 1 N–H and O–H groups in total. The third kappa shape index (κ3) is 3.44. The standard InChI is InChI=1S/C6H12F2O3S/c1-5(2,3)4-6(7,8)12(9,10)11/h4H2,1-3H3,(H,9,10,11). The van der Waals surface area contributed by atoms with Crippen LogP contribution in [-0.4, -0.2) is 18.2 Å². The molecule has 12 heavy (non-hydrogen) atoms. The molecule has 0 aromatic carbocycles. The zero-order chi connectivity index (χ0) is 10.2. The third-order valence-corrected chi connectivity index (χ3v) is 2.01. The van der Waals surface area contributed by atoms with Crippen LogP contribution in [0, 0.1) is 5.41 Å². The molecule has 0 bridgehead atoms. The van der Waals surface area contributed by atoms with Gasteiger partial charge in [0, 0.05) is 6.42 Å². The highest BCUT2D eigenvalue weighted by Gasteiger charge is 2.46. The summed E-state index contributed by atoms with van der Waals surface area (Å²) in [7, 11) is -5.27. The lowest BCUT2D eigenvalue weighted by Crippen LogP contribution is -2.32. The molecule has 0 aliphatic rings. The van der Waals surface area contributed by atoms with E-state index in [4.69, 9.17) is 4.55 Å². The highest BCUT2D eigenvalue weighted by Crippen LogP contribution is 2.34. The number of hydrogen-bond acceptors (Lipinski definition) is 2. The van der Waals surface area contributed by atoms with Crippen molar-refractivity contribution in [2.24, 2.45) is 5.41 Å². The van der Waals surface area contributed by atoms with E-state index in [1.165, 1.54) is 20.8 Å². The van der Waals surface area contributed by atoms with Gasteiger partial charge in [-0.15, -0.1) is 0 Å². The summed E-state index contributed by atoms with van der Waals surface area (Å²) in [4.78, 5) is 0. The molecule has 3 nitrogen and oxygen atoms in total. The summed E-state index contributed by atoms with van der Waals surface area (Å²) >= 11 is 0. The molecule has 0 aliphatic carbocycles. The fourth-order valence-electron chi connectivity index (χ4n) is 0.709. The fourth-order valence-corrected chi connectivity index (χ4v) is 1.32. The summed E-state index contributed by atoms with van der Waals surface area (Å²) in [6, 6.07) is 0. The molecular weight excluding hydrogens is 190 g/mol. The van der Waals surface area contributed by atoms with Crippen LogP contribution in [0.5, 0.6) is 0 Å². The van der Waals surface area contributed by atoms with Crippen LogP contribution in [0.2, 0.25) is 0 Å². The lowest BCUT2D eigenvalue weighted by atomic mass is 9.93. The van der Waals surface area contributed by atoms with E-state index in [1.54, 1.807) is 0 Å². The van der Waals surface area contributed by atoms with Crippen LogP contribution in [0.1, 0.15) is 27.2 Å². The minimum absolute atomic E-state index is 0.848. The van der Waals surface area contributed by atoms with Gasteiger partial charge in [-0.3, -0.25) is 4.55 Å². The number of halogens is 2. The summed E-state index contributed by atoms with van der Waals surface area (Å²) in [5.41, 5.74) is -0.848. The van der Waals surface area contributed by atoms with Gasteiger partial charge in [-0.05, 0) is 5.41 Å². The molecule has 0 saturated carbocycles. The average Bonchev–Trinajstić information content (AvgIpc) is 1.52. The van der Waals surface area contributed by atoms with Crippen LogP contribution in [0.3, 0.4) is 0 Å². The largest absolute Gasteiger partial charge is 0.370 e. The number of hydrogen-bond donors (Lipinski definition) is 1. The Balaban J connectivity index is 4.68. The van der Waals surface area contributed by atoms with Crippen LogP contribution in [0.4, 0.5) is 8.78 Å². The van der Waals surface area contributed by atoms with Gasteiger partial charge in [0.2, 0.25) is 0 Å². The third-order valence-electron chi connectivity index (χ3n) is 1.11. The molecule has 0 radical (unpaired) electrons. The van der Waals surface area contributed by atoms with E-state index in [2.05, 4.69) is 0 Å². The van der Waals surface area contributed by atoms with Crippen molar-refractivity contribution in [3.05, 3.63) is 0 Å². The van der Waals surface area contributed by atoms with Gasteiger partial charge < -0.3 is 0 Å². The second-order valence-electron chi connectivity index (χ2n) is 3.85. The van der Waals surface area contributed by atoms with Crippen LogP contribution in [-0.2, 0) is 10.1 Å². The minimum Gasteiger partial charge on any atom is -0.281 e. The van der Waals surface area contributed by atoms with Gasteiger partial charge in [0.15, 0.2) is 0 Å². The predicted octanol–water partition coefficient (Wildman–Crippen LogP) is 1.90. The molecule has 0 aliphatic heterocycles. The van der Waals surface area contributed by atoms with Gasteiger partial charge in [0.05, 0.1) is 0 Å². The van der Waals surface area contributed by atoms with Crippen molar-refractivity contribution < 1.29 is 21.8 Å². The van der Waals surface area contributed by atoms with Crippen LogP contribution < -0.4 is 0 Å². The number of alkyl halides is 2. The topological polar surface area (TPSA) is 54.4 Å². The Hall–Kier alpha value is -0.230. The van der Waals surface area contributed by atoms with E-state index in [1.807, 2.05) is 0 Å². The second-order valence-corrected chi connectivity index (χ2v) is 5.40. The highest BCUT2D eigenvalue weighted by molar-refractivity contribution is 7.86. The van der Waals surface area contributed by atoms with E-state index >= 15 is 0 Å². The van der Waals surface area contributed by atoms with E-state index < -0.39 is 27.2 Å². The first kappa shape index (κ1) is 11.8. The molecule has 0 aromatic heterocycles. The minimum atomic E-state index is -5.27. The zero-order valence-corrected chi connectivity index (χ0v) is 7.95.